The molecule has 0 amide bonds. The maximum Gasteiger partial charge on any atom is 0.313 e. The molecule has 0 aliphatic carbocycles. The molecule has 1 aromatic carbocycles. The van der Waals surface area contributed by atoms with Crippen LogP contribution in [-0.2, 0) is 16.1 Å². The fourth-order valence-electron chi connectivity index (χ4n) is 2.10. The Balaban J connectivity index is 2.39. The van der Waals surface area contributed by atoms with Crippen LogP contribution in [0.3, 0.4) is 0 Å². The van der Waals surface area contributed by atoms with Crippen LogP contribution in [0, 0.1) is 5.82 Å². The lowest BCUT2D eigenvalue weighted by Crippen LogP contribution is -2.17. The highest BCUT2D eigenvalue weighted by atomic mass is 32.2. The summed E-state index contributed by atoms with van der Waals surface area (Å²) in [5, 5.41) is 9.29. The quantitative estimate of drug-likeness (QED) is 0.796. The molecule has 5 nitrogen and oxygen atoms in total. The van der Waals surface area contributed by atoms with E-state index in [0.717, 1.165) is 11.8 Å². The Labute approximate surface area is 126 Å². The van der Waals surface area contributed by atoms with Gasteiger partial charge in [0.2, 0.25) is 0 Å². The number of hydrogen-bond acceptors (Lipinski definition) is 4. The first-order valence-corrected chi connectivity index (χ1v) is 7.62. The lowest BCUT2D eigenvalue weighted by atomic mass is 10.3. The first-order chi connectivity index (χ1) is 10.0. The minimum atomic E-state index is -0.933. The molecule has 1 unspecified atom stereocenters. The highest BCUT2D eigenvalue weighted by Crippen LogP contribution is 2.26. The third-order valence-electron chi connectivity index (χ3n) is 2.91. The molecule has 1 aromatic heterocycles. The number of aliphatic carboxylic acids is 1. The maximum absolute atomic E-state index is 13.8. The maximum atomic E-state index is 13.8. The van der Waals surface area contributed by atoms with E-state index < -0.39 is 11.8 Å². The van der Waals surface area contributed by atoms with E-state index in [4.69, 9.17) is 9.84 Å². The van der Waals surface area contributed by atoms with E-state index in [1.165, 1.54) is 6.07 Å². The Morgan fingerprint density at radius 1 is 1.57 bits per heavy atom. The van der Waals surface area contributed by atoms with E-state index >= 15 is 0 Å². The minimum absolute atomic E-state index is 0.0696. The average molecular weight is 312 g/mol. The molecule has 114 valence electrons. The summed E-state index contributed by atoms with van der Waals surface area (Å²) in [6.07, 6.45) is -0.0696. The van der Waals surface area contributed by atoms with Gasteiger partial charge in [0.25, 0.3) is 0 Å². The first-order valence-electron chi connectivity index (χ1n) is 6.63. The van der Waals surface area contributed by atoms with Crippen molar-refractivity contribution in [3.8, 4) is 0 Å². The number of ether oxygens (including phenoxy) is 1. The summed E-state index contributed by atoms with van der Waals surface area (Å²) < 4.78 is 21.2. The van der Waals surface area contributed by atoms with E-state index in [1.54, 1.807) is 12.1 Å². The highest BCUT2D eigenvalue weighted by molar-refractivity contribution is 7.99. The molecule has 0 spiro atoms. The third kappa shape index (κ3) is 3.74. The lowest BCUT2D eigenvalue weighted by molar-refractivity contribution is -0.133. The van der Waals surface area contributed by atoms with E-state index in [9.17, 15) is 9.18 Å². The summed E-state index contributed by atoms with van der Waals surface area (Å²) >= 11 is 1.08. The predicted octanol–water partition coefficient (Wildman–Crippen LogP) is 2.78. The second-order valence-electron chi connectivity index (χ2n) is 4.56. The molecule has 7 heteroatoms. The van der Waals surface area contributed by atoms with Crippen LogP contribution in [0.5, 0.6) is 0 Å². The number of para-hydroxylation sites is 1. The van der Waals surface area contributed by atoms with E-state index in [2.05, 4.69) is 4.98 Å². The Hall–Kier alpha value is -1.60. The van der Waals surface area contributed by atoms with E-state index in [1.807, 2.05) is 18.4 Å². The molecule has 0 saturated heterocycles. The normalized spacial score (nSPS) is 12.7. The SMILES string of the molecule is CCOC(C)Cn1c(SCC(=O)O)nc2c(F)cccc21. The number of aromatic nitrogens is 2. The molecular formula is C14H17FN2O3S. The number of carboxylic acid groups (broad SMARTS) is 1. The van der Waals surface area contributed by atoms with Crippen molar-refractivity contribution in [3.05, 3.63) is 24.0 Å². The zero-order valence-electron chi connectivity index (χ0n) is 11.9. The van der Waals surface area contributed by atoms with Gasteiger partial charge in [0.15, 0.2) is 11.0 Å². The van der Waals surface area contributed by atoms with Gasteiger partial charge in [-0.1, -0.05) is 17.8 Å². The number of rotatable bonds is 7. The number of hydrogen-bond donors (Lipinski definition) is 1. The number of benzene rings is 1. The molecule has 0 aliphatic heterocycles. The van der Waals surface area contributed by atoms with Crippen molar-refractivity contribution in [2.45, 2.75) is 31.7 Å². The molecule has 1 heterocycles. The zero-order chi connectivity index (χ0) is 15.4. The second-order valence-corrected chi connectivity index (χ2v) is 5.50. The molecular weight excluding hydrogens is 295 g/mol. The van der Waals surface area contributed by atoms with Crippen LogP contribution in [0.15, 0.2) is 23.4 Å². The molecule has 1 atom stereocenters. The molecule has 0 radical (unpaired) electrons. The van der Waals surface area contributed by atoms with Gasteiger partial charge in [0.05, 0.1) is 23.9 Å². The number of imidazole rings is 1. The minimum Gasteiger partial charge on any atom is -0.481 e. The molecule has 2 aromatic rings. The van der Waals surface area contributed by atoms with Crippen LogP contribution in [0.2, 0.25) is 0 Å². The topological polar surface area (TPSA) is 64.3 Å². The van der Waals surface area contributed by atoms with Gasteiger partial charge in [-0.05, 0) is 26.0 Å². The number of thioether (sulfide) groups is 1. The smallest absolute Gasteiger partial charge is 0.313 e. The van der Waals surface area contributed by atoms with Crippen molar-refractivity contribution in [1.29, 1.82) is 0 Å². The van der Waals surface area contributed by atoms with E-state index in [-0.39, 0.29) is 17.4 Å². The van der Waals surface area contributed by atoms with Gasteiger partial charge in [-0.2, -0.15) is 0 Å². The predicted molar refractivity (Wildman–Crippen MR) is 79.1 cm³/mol. The molecule has 2 rings (SSSR count). The number of nitrogens with zero attached hydrogens (tertiary/aromatic N) is 2. The fourth-order valence-corrected chi connectivity index (χ4v) is 2.84. The fraction of sp³-hybridized carbons (Fsp3) is 0.429. The van der Waals surface area contributed by atoms with Crippen molar-refractivity contribution >= 4 is 28.8 Å². The largest absolute Gasteiger partial charge is 0.481 e. The first kappa shape index (κ1) is 15.8. The number of carboxylic acids is 1. The van der Waals surface area contributed by atoms with Crippen molar-refractivity contribution in [3.63, 3.8) is 0 Å². The molecule has 1 N–H and O–H groups in total. The van der Waals surface area contributed by atoms with Crippen LogP contribution in [0.4, 0.5) is 4.39 Å². The molecule has 0 bridgehead atoms. The van der Waals surface area contributed by atoms with Gasteiger partial charge in [0, 0.05) is 6.61 Å². The number of carbonyl (C=O) groups is 1. The number of halogens is 1. The summed E-state index contributed by atoms with van der Waals surface area (Å²) in [5.74, 6) is -1.46. The van der Waals surface area contributed by atoms with Crippen molar-refractivity contribution in [1.82, 2.24) is 9.55 Å². The molecule has 0 fully saturated rings. The molecule has 21 heavy (non-hydrogen) atoms. The summed E-state index contributed by atoms with van der Waals surface area (Å²) in [7, 11) is 0. The lowest BCUT2D eigenvalue weighted by Gasteiger charge is -2.15. The van der Waals surface area contributed by atoms with Crippen LogP contribution < -0.4 is 0 Å². The summed E-state index contributed by atoms with van der Waals surface area (Å²) in [5.41, 5.74) is 0.906. The standard InChI is InChI=1S/C14H17FN2O3S/c1-3-20-9(2)7-17-11-6-4-5-10(15)13(11)16-14(17)21-8-12(18)19/h4-6,9H,3,7-8H2,1-2H3,(H,18,19). The zero-order valence-corrected chi connectivity index (χ0v) is 12.7. The van der Waals surface area contributed by atoms with Gasteiger partial charge in [-0.25, -0.2) is 9.37 Å². The monoisotopic (exact) mass is 312 g/mol. The Bertz CT molecular complexity index is 644. The van der Waals surface area contributed by atoms with Crippen molar-refractivity contribution in [2.75, 3.05) is 12.4 Å². The Morgan fingerprint density at radius 2 is 2.33 bits per heavy atom. The van der Waals surface area contributed by atoms with Gasteiger partial charge in [-0.3, -0.25) is 4.79 Å². The van der Waals surface area contributed by atoms with Gasteiger partial charge in [0.1, 0.15) is 5.52 Å². The van der Waals surface area contributed by atoms with E-state index in [0.29, 0.717) is 23.8 Å². The molecule has 0 saturated carbocycles. The van der Waals surface area contributed by atoms with Crippen LogP contribution in [-0.4, -0.2) is 39.1 Å². The average Bonchev–Trinajstić information content (AvgIpc) is 2.76. The number of fused-ring (bicyclic) bond motifs is 1. The van der Waals surface area contributed by atoms with Crippen LogP contribution >= 0.6 is 11.8 Å². The third-order valence-corrected chi connectivity index (χ3v) is 3.87. The Kier molecular flexibility index (Phi) is 5.19. The van der Waals surface area contributed by atoms with Crippen LogP contribution in [0.1, 0.15) is 13.8 Å². The van der Waals surface area contributed by atoms with Crippen molar-refractivity contribution < 1.29 is 19.0 Å². The van der Waals surface area contributed by atoms with Crippen LogP contribution in [0.25, 0.3) is 11.0 Å². The van der Waals surface area contributed by atoms with Gasteiger partial charge >= 0.3 is 5.97 Å². The van der Waals surface area contributed by atoms with Gasteiger partial charge in [-0.15, -0.1) is 0 Å². The highest BCUT2D eigenvalue weighted by Gasteiger charge is 2.17. The molecule has 0 aliphatic rings. The van der Waals surface area contributed by atoms with Crippen molar-refractivity contribution in [2.24, 2.45) is 0 Å². The van der Waals surface area contributed by atoms with Gasteiger partial charge < -0.3 is 14.4 Å². The Morgan fingerprint density at radius 3 is 3.00 bits per heavy atom. The summed E-state index contributed by atoms with van der Waals surface area (Å²) in [6.45, 7) is 4.90. The second kappa shape index (κ2) is 6.91. The summed E-state index contributed by atoms with van der Waals surface area (Å²) in [4.78, 5) is 15.0. The summed E-state index contributed by atoms with van der Waals surface area (Å²) in [6, 6.07) is 4.74.